The third-order valence-electron chi connectivity index (χ3n) is 6.93. The van der Waals surface area contributed by atoms with Gasteiger partial charge in [-0.3, -0.25) is 13.7 Å². The van der Waals surface area contributed by atoms with E-state index < -0.39 is 20.2 Å². The lowest BCUT2D eigenvalue weighted by Crippen LogP contribution is -2.28. The zero-order valence-corrected chi connectivity index (χ0v) is 27.5. The molecule has 0 saturated carbocycles. The van der Waals surface area contributed by atoms with Gasteiger partial charge < -0.3 is 5.32 Å². The van der Waals surface area contributed by atoms with Gasteiger partial charge in [-0.05, 0) is 88.3 Å². The fourth-order valence-electron chi connectivity index (χ4n) is 4.52. The summed E-state index contributed by atoms with van der Waals surface area (Å²) in [6.07, 6.45) is 5.45. The third-order valence-corrected chi connectivity index (χ3v) is 8.92. The van der Waals surface area contributed by atoms with Gasteiger partial charge >= 0.3 is 0 Å². The number of halogens is 1. The van der Waals surface area contributed by atoms with E-state index in [9.17, 15) is 16.8 Å². The molecule has 16 heteroatoms. The van der Waals surface area contributed by atoms with Crippen molar-refractivity contribution in [2.75, 3.05) is 13.1 Å². The van der Waals surface area contributed by atoms with Crippen molar-refractivity contribution in [3.63, 3.8) is 0 Å². The van der Waals surface area contributed by atoms with E-state index in [2.05, 4.69) is 30.3 Å². The number of rotatable bonds is 6. The van der Waals surface area contributed by atoms with E-state index in [1.807, 2.05) is 38.1 Å². The maximum atomic E-state index is 10.5. The summed E-state index contributed by atoms with van der Waals surface area (Å²) in [5.74, 6) is 2.22. The molecule has 244 valence electrons. The van der Waals surface area contributed by atoms with E-state index in [0.29, 0.717) is 17.5 Å². The van der Waals surface area contributed by atoms with E-state index in [0.717, 1.165) is 54.4 Å². The average Bonchev–Trinajstić information content (AvgIpc) is 3.69. The van der Waals surface area contributed by atoms with E-state index in [1.54, 1.807) is 41.5 Å². The van der Waals surface area contributed by atoms with Crippen molar-refractivity contribution in [3.8, 4) is 5.69 Å². The molecule has 0 aliphatic carbocycles. The van der Waals surface area contributed by atoms with Crippen LogP contribution in [0, 0.1) is 13.8 Å². The molecule has 1 aliphatic rings. The van der Waals surface area contributed by atoms with Gasteiger partial charge in [0.25, 0.3) is 20.2 Å². The Hall–Kier alpha value is -3.99. The van der Waals surface area contributed by atoms with Gasteiger partial charge in [-0.2, -0.15) is 31.8 Å². The molecule has 0 amide bonds. The van der Waals surface area contributed by atoms with Gasteiger partial charge in [0.2, 0.25) is 0 Å². The van der Waals surface area contributed by atoms with Crippen LogP contribution < -0.4 is 5.32 Å². The van der Waals surface area contributed by atoms with Gasteiger partial charge in [-0.1, -0.05) is 47.0 Å². The first kappa shape index (κ1) is 34.9. The molecule has 0 spiro atoms. The van der Waals surface area contributed by atoms with Gasteiger partial charge in [0.05, 0.1) is 22.2 Å². The van der Waals surface area contributed by atoms with Crippen LogP contribution in [0.1, 0.15) is 41.5 Å². The van der Waals surface area contributed by atoms with Crippen molar-refractivity contribution >= 4 is 31.8 Å². The summed E-state index contributed by atoms with van der Waals surface area (Å²) in [5.41, 5.74) is 2.93. The molecule has 0 unspecified atom stereocenters. The minimum Gasteiger partial charge on any atom is -0.317 e. The number of nitrogens with one attached hydrogen (secondary N) is 1. The molecule has 3 heterocycles. The summed E-state index contributed by atoms with van der Waals surface area (Å²) >= 11 is 6.04. The van der Waals surface area contributed by atoms with E-state index >= 15 is 0 Å². The topological polar surface area (TPSA) is 182 Å². The predicted molar refractivity (Wildman–Crippen MR) is 172 cm³/mol. The second kappa shape index (κ2) is 15.5. The Morgan fingerprint density at radius 1 is 0.761 bits per heavy atom. The SMILES string of the molecule is Cc1ccc(S(=O)(=O)O)cc1.Cc1ccc(S(=O)(=O)O)cc1.Clc1ccc(-n2c(Cn3nccn3)nnc2C2CCNCC2)cc1. The Bertz CT molecular complexity index is 1840. The van der Waals surface area contributed by atoms with Crippen molar-refractivity contribution in [3.05, 3.63) is 113 Å². The predicted octanol–water partition coefficient (Wildman–Crippen LogP) is 4.51. The summed E-state index contributed by atoms with van der Waals surface area (Å²) < 4.78 is 61.2. The fraction of sp³-hybridized carbons (Fsp3) is 0.267. The van der Waals surface area contributed by atoms with Crippen LogP contribution in [0.25, 0.3) is 5.69 Å². The Morgan fingerprint density at radius 2 is 1.24 bits per heavy atom. The van der Waals surface area contributed by atoms with Crippen molar-refractivity contribution in [2.45, 2.75) is 48.9 Å². The van der Waals surface area contributed by atoms with Crippen molar-refractivity contribution < 1.29 is 25.9 Å². The fourth-order valence-corrected chi connectivity index (χ4v) is 5.61. The van der Waals surface area contributed by atoms with Gasteiger partial charge in [0.1, 0.15) is 12.4 Å². The summed E-state index contributed by atoms with van der Waals surface area (Å²) in [6.45, 7) is 6.18. The number of aromatic nitrogens is 6. The van der Waals surface area contributed by atoms with Crippen LogP contribution in [0.2, 0.25) is 5.02 Å². The molecule has 6 rings (SSSR count). The Kier molecular flexibility index (Phi) is 11.8. The largest absolute Gasteiger partial charge is 0.317 e. The highest BCUT2D eigenvalue weighted by Gasteiger charge is 2.24. The number of piperidine rings is 1. The molecule has 1 aliphatic heterocycles. The molecular formula is C30H34ClN7O6S2. The monoisotopic (exact) mass is 687 g/mol. The number of benzene rings is 3. The maximum absolute atomic E-state index is 10.5. The highest BCUT2D eigenvalue weighted by molar-refractivity contribution is 7.86. The van der Waals surface area contributed by atoms with Crippen LogP contribution >= 0.6 is 11.6 Å². The second-order valence-electron chi connectivity index (χ2n) is 10.4. The zero-order chi connectivity index (χ0) is 33.3. The molecule has 0 bridgehead atoms. The van der Waals surface area contributed by atoms with Gasteiger partial charge in [0.15, 0.2) is 5.82 Å². The average molecular weight is 688 g/mol. The number of hydrogen-bond acceptors (Lipinski definition) is 9. The molecule has 3 aromatic carbocycles. The molecule has 1 saturated heterocycles. The standard InChI is InChI=1S/C16H18ClN7.2C7H8O3S/c17-13-1-3-14(4-2-13)24-15(11-23-19-9-10-20-23)21-22-16(24)12-5-7-18-8-6-12;2*1-6-2-4-7(5-3-6)11(8,9)10/h1-4,9-10,12,18H,5-8,11H2;2*2-5H,1H3,(H,8,9,10). The van der Waals surface area contributed by atoms with Crippen molar-refractivity contribution in [2.24, 2.45) is 0 Å². The third kappa shape index (κ3) is 10.0. The van der Waals surface area contributed by atoms with Crippen molar-refractivity contribution in [1.29, 1.82) is 0 Å². The Labute approximate surface area is 272 Å². The van der Waals surface area contributed by atoms with Crippen LogP contribution in [0.4, 0.5) is 0 Å². The maximum Gasteiger partial charge on any atom is 0.294 e. The summed E-state index contributed by atoms with van der Waals surface area (Å²) in [6, 6.07) is 19.7. The molecular weight excluding hydrogens is 654 g/mol. The quantitative estimate of drug-likeness (QED) is 0.214. The van der Waals surface area contributed by atoms with Crippen LogP contribution in [0.5, 0.6) is 0 Å². The summed E-state index contributed by atoms with van der Waals surface area (Å²) in [7, 11) is -8.04. The van der Waals surface area contributed by atoms with Crippen LogP contribution in [-0.4, -0.2) is 68.8 Å². The molecule has 46 heavy (non-hydrogen) atoms. The van der Waals surface area contributed by atoms with Gasteiger partial charge in [0, 0.05) is 16.6 Å². The summed E-state index contributed by atoms with van der Waals surface area (Å²) in [5, 5.41) is 21.4. The lowest BCUT2D eigenvalue weighted by atomic mass is 9.97. The van der Waals surface area contributed by atoms with E-state index in [-0.39, 0.29) is 9.79 Å². The van der Waals surface area contributed by atoms with Crippen LogP contribution in [0.3, 0.4) is 0 Å². The summed E-state index contributed by atoms with van der Waals surface area (Å²) in [4.78, 5) is 1.48. The first-order valence-electron chi connectivity index (χ1n) is 14.1. The molecule has 2 aromatic heterocycles. The first-order valence-corrected chi connectivity index (χ1v) is 17.4. The van der Waals surface area contributed by atoms with E-state index in [4.69, 9.17) is 20.7 Å². The molecule has 3 N–H and O–H groups in total. The highest BCUT2D eigenvalue weighted by atomic mass is 35.5. The van der Waals surface area contributed by atoms with Crippen molar-refractivity contribution in [1.82, 2.24) is 35.1 Å². The highest BCUT2D eigenvalue weighted by Crippen LogP contribution is 2.27. The lowest BCUT2D eigenvalue weighted by molar-refractivity contribution is 0.439. The van der Waals surface area contributed by atoms with E-state index in [1.165, 1.54) is 24.3 Å². The van der Waals surface area contributed by atoms with Gasteiger partial charge in [-0.25, -0.2) is 0 Å². The van der Waals surface area contributed by atoms with Crippen LogP contribution in [-0.2, 0) is 26.8 Å². The molecule has 13 nitrogen and oxygen atoms in total. The van der Waals surface area contributed by atoms with Crippen LogP contribution in [0.15, 0.2) is 95.0 Å². The smallest absolute Gasteiger partial charge is 0.294 e. The Morgan fingerprint density at radius 3 is 1.70 bits per heavy atom. The Balaban J connectivity index is 0.000000182. The minimum absolute atomic E-state index is 0.0666. The number of aryl methyl sites for hydroxylation is 2. The number of nitrogens with zero attached hydrogens (tertiary/aromatic N) is 6. The zero-order valence-electron chi connectivity index (χ0n) is 25.1. The minimum atomic E-state index is -4.02. The molecule has 1 fully saturated rings. The second-order valence-corrected chi connectivity index (χ2v) is 13.7. The lowest BCUT2D eigenvalue weighted by Gasteiger charge is -2.23. The normalized spacial score (nSPS) is 13.7. The van der Waals surface area contributed by atoms with Gasteiger partial charge in [-0.15, -0.1) is 10.2 Å². The molecule has 0 atom stereocenters. The molecule has 5 aromatic rings. The molecule has 0 radical (unpaired) electrons. The first-order chi connectivity index (χ1) is 21.8. The number of hydrogen-bond donors (Lipinski definition) is 3.